The highest BCUT2D eigenvalue weighted by Crippen LogP contribution is 2.60. The van der Waals surface area contributed by atoms with Crippen LogP contribution in [-0.4, -0.2) is 28.0 Å². The van der Waals surface area contributed by atoms with Crippen LogP contribution >= 0.6 is 23.4 Å². The van der Waals surface area contributed by atoms with Crippen molar-refractivity contribution < 1.29 is 14.0 Å². The summed E-state index contributed by atoms with van der Waals surface area (Å²) in [5.41, 5.74) is 3.91. The second-order valence-corrected chi connectivity index (χ2v) is 11.8. The second-order valence-electron chi connectivity index (χ2n) is 9.44. The highest BCUT2D eigenvalue weighted by Gasteiger charge is 2.63. The molecule has 174 valence electrons. The molecule has 5 rings (SSSR count). The fraction of sp³-hybridized carbons (Fsp3) is 0.259. The first-order valence-electron chi connectivity index (χ1n) is 11.1. The third kappa shape index (κ3) is 3.69. The number of fused-ring (bicyclic) bond motifs is 2. The SMILES string of the molecule is Cc1ccc2c(c1)[C@]1(SC(C)(C)CN1C(=O)c1ccc(Cl)cc1)C(=O)N2Cc1ccc(F)cc1. The summed E-state index contributed by atoms with van der Waals surface area (Å²) >= 11 is 7.56. The molecule has 1 spiro atoms. The van der Waals surface area contributed by atoms with Crippen LogP contribution in [0.4, 0.5) is 10.1 Å². The summed E-state index contributed by atoms with van der Waals surface area (Å²) in [6, 6.07) is 18.8. The molecule has 7 heteroatoms. The number of amides is 2. The van der Waals surface area contributed by atoms with E-state index >= 15 is 0 Å². The summed E-state index contributed by atoms with van der Waals surface area (Å²) in [5, 5.41) is 0.547. The van der Waals surface area contributed by atoms with E-state index in [0.29, 0.717) is 23.7 Å². The number of halogens is 2. The average molecular weight is 495 g/mol. The van der Waals surface area contributed by atoms with Gasteiger partial charge in [-0.15, -0.1) is 11.8 Å². The minimum atomic E-state index is -1.18. The molecular formula is C27H24ClFN2O2S. The van der Waals surface area contributed by atoms with Gasteiger partial charge >= 0.3 is 0 Å². The predicted molar refractivity (Wildman–Crippen MR) is 135 cm³/mol. The molecule has 0 aromatic heterocycles. The van der Waals surface area contributed by atoms with Crippen LogP contribution in [0.3, 0.4) is 0 Å². The number of anilines is 1. The van der Waals surface area contributed by atoms with Crippen LogP contribution in [0, 0.1) is 12.7 Å². The van der Waals surface area contributed by atoms with Crippen LogP contribution < -0.4 is 4.90 Å². The van der Waals surface area contributed by atoms with E-state index in [1.807, 2.05) is 25.1 Å². The van der Waals surface area contributed by atoms with Crippen molar-refractivity contribution in [2.75, 3.05) is 11.4 Å². The van der Waals surface area contributed by atoms with Gasteiger partial charge in [-0.05, 0) is 68.8 Å². The molecule has 2 aliphatic rings. The smallest absolute Gasteiger partial charge is 0.268 e. The van der Waals surface area contributed by atoms with Gasteiger partial charge in [-0.2, -0.15) is 0 Å². The fourth-order valence-electron chi connectivity index (χ4n) is 4.80. The number of nitrogens with zero attached hydrogens (tertiary/aromatic N) is 2. The normalized spacial score (nSPS) is 20.8. The summed E-state index contributed by atoms with van der Waals surface area (Å²) in [5.74, 6) is -0.689. The highest BCUT2D eigenvalue weighted by atomic mass is 35.5. The Balaban J connectivity index is 1.64. The Bertz CT molecular complexity index is 1290. The number of hydrogen-bond donors (Lipinski definition) is 0. The lowest BCUT2D eigenvalue weighted by Crippen LogP contribution is -2.50. The van der Waals surface area contributed by atoms with E-state index in [0.717, 1.165) is 22.4 Å². The quantitative estimate of drug-likeness (QED) is 0.438. The summed E-state index contributed by atoms with van der Waals surface area (Å²) in [6.07, 6.45) is 0. The minimum absolute atomic E-state index is 0.157. The van der Waals surface area contributed by atoms with Crippen molar-refractivity contribution in [3.8, 4) is 0 Å². The van der Waals surface area contributed by atoms with Gasteiger partial charge in [0, 0.05) is 27.4 Å². The minimum Gasteiger partial charge on any atom is -0.310 e. The topological polar surface area (TPSA) is 40.6 Å². The summed E-state index contributed by atoms with van der Waals surface area (Å²) < 4.78 is 13.1. The molecule has 2 heterocycles. The monoisotopic (exact) mass is 494 g/mol. The number of hydrogen-bond acceptors (Lipinski definition) is 3. The zero-order valence-corrected chi connectivity index (χ0v) is 20.7. The van der Waals surface area contributed by atoms with Crippen molar-refractivity contribution in [2.45, 2.75) is 36.9 Å². The summed E-state index contributed by atoms with van der Waals surface area (Å²) in [4.78, 5) is 30.3. The summed E-state index contributed by atoms with van der Waals surface area (Å²) in [7, 11) is 0. The third-order valence-electron chi connectivity index (χ3n) is 6.28. The van der Waals surface area contributed by atoms with E-state index < -0.39 is 4.87 Å². The molecule has 3 aromatic rings. The van der Waals surface area contributed by atoms with Crippen LogP contribution in [0.2, 0.25) is 5.02 Å². The fourth-order valence-corrected chi connectivity index (χ4v) is 6.64. The van der Waals surface area contributed by atoms with Gasteiger partial charge in [-0.3, -0.25) is 9.59 Å². The van der Waals surface area contributed by atoms with Crippen molar-refractivity contribution in [1.82, 2.24) is 4.90 Å². The van der Waals surface area contributed by atoms with Crippen LogP contribution in [0.5, 0.6) is 0 Å². The average Bonchev–Trinajstić information content (AvgIpc) is 3.21. The van der Waals surface area contributed by atoms with Gasteiger partial charge in [-0.1, -0.05) is 41.4 Å². The maximum Gasteiger partial charge on any atom is 0.268 e. The number of rotatable bonds is 3. The molecule has 0 bridgehead atoms. The Morgan fingerprint density at radius 2 is 1.74 bits per heavy atom. The van der Waals surface area contributed by atoms with E-state index in [1.54, 1.807) is 46.2 Å². The molecule has 1 fully saturated rings. The molecular weight excluding hydrogens is 471 g/mol. The van der Waals surface area contributed by atoms with Crippen LogP contribution in [0.1, 0.15) is 40.9 Å². The van der Waals surface area contributed by atoms with Gasteiger partial charge in [0.1, 0.15) is 5.82 Å². The molecule has 0 unspecified atom stereocenters. The standard InChI is InChI=1S/C27H24ClFN2O2S/c1-17-4-13-23-22(14-17)27(25(33)30(23)15-18-5-11-21(29)12-6-18)31(16-26(2,3)34-27)24(32)19-7-9-20(28)10-8-19/h4-14H,15-16H2,1-3H3/t27-/m0/s1. The van der Waals surface area contributed by atoms with Gasteiger partial charge in [0.15, 0.2) is 4.87 Å². The number of carbonyl (C=O) groups excluding carboxylic acids is 2. The molecule has 2 aliphatic heterocycles. The molecule has 0 N–H and O–H groups in total. The molecule has 0 radical (unpaired) electrons. The first-order valence-corrected chi connectivity index (χ1v) is 12.3. The maximum absolute atomic E-state index is 14.3. The lowest BCUT2D eigenvalue weighted by molar-refractivity contribution is -0.123. The van der Waals surface area contributed by atoms with Crippen molar-refractivity contribution >= 4 is 40.9 Å². The van der Waals surface area contributed by atoms with Crippen LogP contribution in [0.25, 0.3) is 0 Å². The predicted octanol–water partition coefficient (Wildman–Crippen LogP) is 6.15. The first kappa shape index (κ1) is 22.9. The van der Waals surface area contributed by atoms with E-state index in [2.05, 4.69) is 13.8 Å². The Kier molecular flexibility index (Phi) is 5.49. The number of aryl methyl sites for hydroxylation is 1. The Morgan fingerprint density at radius 1 is 1.06 bits per heavy atom. The van der Waals surface area contributed by atoms with Gasteiger partial charge in [0.2, 0.25) is 0 Å². The lowest BCUT2D eigenvalue weighted by atomic mass is 10.0. The molecule has 0 saturated carbocycles. The zero-order valence-electron chi connectivity index (χ0n) is 19.1. The maximum atomic E-state index is 14.3. The van der Waals surface area contributed by atoms with E-state index in [9.17, 15) is 14.0 Å². The van der Waals surface area contributed by atoms with E-state index in [-0.39, 0.29) is 22.4 Å². The van der Waals surface area contributed by atoms with Gasteiger partial charge in [0.25, 0.3) is 11.8 Å². The molecule has 0 aliphatic carbocycles. The zero-order chi connectivity index (χ0) is 24.3. The van der Waals surface area contributed by atoms with Crippen molar-refractivity contribution in [1.29, 1.82) is 0 Å². The first-order chi connectivity index (χ1) is 16.1. The van der Waals surface area contributed by atoms with Gasteiger partial charge < -0.3 is 9.80 Å². The van der Waals surface area contributed by atoms with Crippen molar-refractivity contribution in [3.63, 3.8) is 0 Å². The van der Waals surface area contributed by atoms with E-state index in [4.69, 9.17) is 11.6 Å². The number of thioether (sulfide) groups is 1. The molecule has 1 saturated heterocycles. The number of carbonyl (C=O) groups is 2. The largest absolute Gasteiger partial charge is 0.310 e. The molecule has 1 atom stereocenters. The van der Waals surface area contributed by atoms with Gasteiger partial charge in [0.05, 0.1) is 12.2 Å². The van der Waals surface area contributed by atoms with Crippen molar-refractivity contribution in [2.24, 2.45) is 0 Å². The summed E-state index contributed by atoms with van der Waals surface area (Å²) in [6.45, 7) is 6.81. The Hall–Kier alpha value is -2.83. The number of benzene rings is 3. The van der Waals surface area contributed by atoms with Gasteiger partial charge in [-0.25, -0.2) is 4.39 Å². The van der Waals surface area contributed by atoms with Crippen LogP contribution in [-0.2, 0) is 16.2 Å². The lowest BCUT2D eigenvalue weighted by Gasteiger charge is -2.33. The highest BCUT2D eigenvalue weighted by molar-refractivity contribution is 8.02. The second kappa shape index (κ2) is 8.14. The third-order valence-corrected chi connectivity index (χ3v) is 8.12. The molecule has 34 heavy (non-hydrogen) atoms. The van der Waals surface area contributed by atoms with Crippen molar-refractivity contribution in [3.05, 3.63) is 99.8 Å². The Labute approximate surface area is 207 Å². The van der Waals surface area contributed by atoms with E-state index in [1.165, 1.54) is 23.9 Å². The molecule has 2 amide bonds. The Morgan fingerprint density at radius 3 is 2.41 bits per heavy atom. The van der Waals surface area contributed by atoms with Crippen LogP contribution in [0.15, 0.2) is 66.7 Å². The molecule has 3 aromatic carbocycles. The molecule has 4 nitrogen and oxygen atoms in total.